The van der Waals surface area contributed by atoms with Crippen LogP contribution < -0.4 is 35.4 Å². The van der Waals surface area contributed by atoms with Crippen LogP contribution in [0.3, 0.4) is 0 Å². The van der Waals surface area contributed by atoms with Crippen LogP contribution in [0.1, 0.15) is 33.4 Å². The maximum Gasteiger partial charge on any atom is 4.00 e. The van der Waals surface area contributed by atoms with Crippen LogP contribution in [0.5, 0.6) is 0 Å². The summed E-state index contributed by atoms with van der Waals surface area (Å²) < 4.78 is 0. The molecule has 30 heavy (non-hydrogen) atoms. The third-order valence-corrected chi connectivity index (χ3v) is 7.26. The van der Waals surface area contributed by atoms with Crippen molar-refractivity contribution in [2.45, 2.75) is 41.5 Å². The fourth-order valence-electron chi connectivity index (χ4n) is 3.50. The van der Waals surface area contributed by atoms with Gasteiger partial charge in [0.05, 0.1) is 0 Å². The van der Waals surface area contributed by atoms with Gasteiger partial charge in [0.2, 0.25) is 0 Å². The Bertz CT molecular complexity index is 963. The van der Waals surface area contributed by atoms with Crippen LogP contribution in [-0.4, -0.2) is 0 Å². The first-order valence-corrected chi connectivity index (χ1v) is 10.6. The molecule has 0 aliphatic rings. The first-order chi connectivity index (χ1) is 12.9. The molecule has 0 aromatic heterocycles. The van der Waals surface area contributed by atoms with Crippen molar-refractivity contribution in [3.8, 4) is 0 Å². The van der Waals surface area contributed by atoms with Gasteiger partial charge in [0, 0.05) is 0 Å². The van der Waals surface area contributed by atoms with Crippen LogP contribution >= 0.6 is 8.58 Å². The van der Waals surface area contributed by atoms with Crippen molar-refractivity contribution in [2.75, 3.05) is 0 Å². The third-order valence-electron chi connectivity index (χ3n) is 5.85. The van der Waals surface area contributed by atoms with E-state index in [2.05, 4.69) is 102 Å². The van der Waals surface area contributed by atoms with E-state index in [0.717, 1.165) is 8.58 Å². The van der Waals surface area contributed by atoms with Gasteiger partial charge in [-0.25, -0.2) is 0 Å². The van der Waals surface area contributed by atoms with Gasteiger partial charge >= 0.3 is 21.7 Å². The Hall–Kier alpha value is -0.876. The minimum Gasteiger partial charge on any atom is -1.00 e. The van der Waals surface area contributed by atoms with Gasteiger partial charge in [0.1, 0.15) is 0 Å². The van der Waals surface area contributed by atoms with Crippen molar-refractivity contribution in [2.24, 2.45) is 0 Å². The summed E-state index contributed by atoms with van der Waals surface area (Å²) in [7, 11) is 0.759. The molecule has 0 amide bonds. The summed E-state index contributed by atoms with van der Waals surface area (Å²) in [6.07, 6.45) is 0. The summed E-state index contributed by atoms with van der Waals surface area (Å²) in [5, 5.41) is 5.58. The molecule has 0 aliphatic heterocycles. The number of halogens is 2. The van der Waals surface area contributed by atoms with Gasteiger partial charge in [0.15, 0.2) is 0 Å². The molecular formula is C26H29Cl2PTi. The van der Waals surface area contributed by atoms with Gasteiger partial charge in [-0.3, -0.25) is 0 Å². The summed E-state index contributed by atoms with van der Waals surface area (Å²) in [6, 6.07) is 21.8. The summed E-state index contributed by atoms with van der Waals surface area (Å²) in [5.74, 6) is 0. The van der Waals surface area contributed by atoms with E-state index < -0.39 is 0 Å². The van der Waals surface area contributed by atoms with Crippen LogP contribution in [0.2, 0.25) is 0 Å². The van der Waals surface area contributed by atoms with E-state index in [1.807, 2.05) is 0 Å². The molecule has 0 spiro atoms. The Morgan fingerprint density at radius 2 is 1.30 bits per heavy atom. The van der Waals surface area contributed by atoms with Crippen LogP contribution in [-0.2, 0) is 21.7 Å². The van der Waals surface area contributed by atoms with E-state index in [1.54, 1.807) is 0 Å². The van der Waals surface area contributed by atoms with Gasteiger partial charge in [-0.15, -0.1) is 40.3 Å². The number of hydrogen-bond donors (Lipinski definition) is 0. The maximum atomic E-state index is 2.31. The average Bonchev–Trinajstić information content (AvgIpc) is 3.15. The second-order valence-corrected chi connectivity index (χ2v) is 8.80. The van der Waals surface area contributed by atoms with E-state index in [0.29, 0.717) is 0 Å². The second-order valence-electron chi connectivity index (χ2n) is 7.44. The van der Waals surface area contributed by atoms with Crippen molar-refractivity contribution in [3.63, 3.8) is 0 Å². The molecule has 156 valence electrons. The minimum absolute atomic E-state index is 0. The zero-order valence-corrected chi connectivity index (χ0v) is 22.6. The van der Waals surface area contributed by atoms with Crippen molar-refractivity contribution in [1.29, 1.82) is 0 Å². The molecule has 4 aromatic carbocycles. The third kappa shape index (κ3) is 6.56. The molecular weight excluding hydrogens is 462 g/mol. The average molecular weight is 491 g/mol. The number of aryl methyl sites for hydroxylation is 1. The molecule has 4 rings (SSSR count). The predicted molar refractivity (Wildman–Crippen MR) is 124 cm³/mol. The van der Waals surface area contributed by atoms with Crippen molar-refractivity contribution >= 4 is 30.0 Å². The molecule has 0 saturated heterocycles. The molecule has 1 atom stereocenters. The Balaban J connectivity index is 0.000000569. The Kier molecular flexibility index (Phi) is 12.5. The molecule has 0 aliphatic carbocycles. The number of fused-ring (bicyclic) bond motifs is 1. The van der Waals surface area contributed by atoms with Crippen molar-refractivity contribution in [1.82, 2.24) is 0 Å². The minimum atomic E-state index is 0. The van der Waals surface area contributed by atoms with Gasteiger partial charge in [-0.2, -0.15) is 33.9 Å². The smallest absolute Gasteiger partial charge is 1.00 e. The number of benzene rings is 2. The molecule has 4 heteroatoms. The molecule has 0 heterocycles. The standard InChI is InChI=1S/C16H14P.C10H15.2ClH.Ti/c1-12-6-2-5-9-16(12)17-15-10-13-7-3-4-8-14(13)11-15;1-6-7(2)9(4)10(5)8(6)3;;;/h2-11,17H,1H3;1-5H3;2*1H;/q2*-1;;;+4/p-2. The SMILES string of the molecule is Cc1c(C)c(C)[c-](C)c1C.Cc1ccccc1Pc1cc2ccccc2[cH-]1.[Cl-].[Cl-].[Ti+4]. The molecule has 0 bridgehead atoms. The fourth-order valence-corrected chi connectivity index (χ4v) is 4.72. The topological polar surface area (TPSA) is 0 Å². The van der Waals surface area contributed by atoms with Crippen molar-refractivity contribution in [3.05, 3.63) is 94.0 Å². The van der Waals surface area contributed by atoms with Crippen LogP contribution in [0, 0.1) is 41.5 Å². The zero-order valence-electron chi connectivity index (χ0n) is 18.5. The van der Waals surface area contributed by atoms with Gasteiger partial charge in [-0.1, -0.05) is 73.5 Å². The van der Waals surface area contributed by atoms with E-state index in [1.165, 1.54) is 54.8 Å². The Labute approximate surface area is 211 Å². The Morgan fingerprint density at radius 3 is 1.80 bits per heavy atom. The summed E-state index contributed by atoms with van der Waals surface area (Å²) in [4.78, 5) is 0. The Morgan fingerprint density at radius 1 is 0.767 bits per heavy atom. The zero-order chi connectivity index (χ0) is 19.6. The van der Waals surface area contributed by atoms with Crippen LogP contribution in [0.25, 0.3) is 10.8 Å². The molecule has 0 N–H and O–H groups in total. The van der Waals surface area contributed by atoms with Gasteiger partial charge in [-0.05, 0) is 17.8 Å². The second kappa shape index (κ2) is 12.9. The molecule has 0 saturated carbocycles. The molecule has 0 radical (unpaired) electrons. The van der Waals surface area contributed by atoms with Crippen LogP contribution in [0.4, 0.5) is 0 Å². The fraction of sp³-hybridized carbons (Fsp3) is 0.231. The quantitative estimate of drug-likeness (QED) is 0.217. The molecule has 4 aromatic rings. The first-order valence-electron chi connectivity index (χ1n) is 9.56. The largest absolute Gasteiger partial charge is 4.00 e. The number of rotatable bonds is 2. The van der Waals surface area contributed by atoms with Crippen LogP contribution in [0.15, 0.2) is 60.7 Å². The summed E-state index contributed by atoms with van der Waals surface area (Å²) in [6.45, 7) is 13.2. The number of hydrogen-bond acceptors (Lipinski definition) is 0. The maximum absolute atomic E-state index is 2.31. The molecule has 0 fully saturated rings. The van der Waals surface area contributed by atoms with Gasteiger partial charge < -0.3 is 24.8 Å². The predicted octanol–water partition coefficient (Wildman–Crippen LogP) is 0.450. The van der Waals surface area contributed by atoms with Crippen molar-refractivity contribution < 1.29 is 46.5 Å². The van der Waals surface area contributed by atoms with E-state index >= 15 is 0 Å². The van der Waals surface area contributed by atoms with E-state index in [4.69, 9.17) is 0 Å². The van der Waals surface area contributed by atoms with E-state index in [-0.39, 0.29) is 46.5 Å². The van der Waals surface area contributed by atoms with E-state index in [9.17, 15) is 0 Å². The first kappa shape index (κ1) is 29.1. The monoisotopic (exact) mass is 490 g/mol. The van der Waals surface area contributed by atoms with Gasteiger partial charge in [0.25, 0.3) is 0 Å². The molecule has 1 unspecified atom stereocenters. The summed E-state index contributed by atoms with van der Waals surface area (Å²) >= 11 is 0. The molecule has 0 nitrogen and oxygen atoms in total. The summed E-state index contributed by atoms with van der Waals surface area (Å²) in [5.41, 5.74) is 8.72. The normalized spacial score (nSPS) is 10.1.